The lowest BCUT2D eigenvalue weighted by molar-refractivity contribution is -0.120. The molecule has 0 unspecified atom stereocenters. The first kappa shape index (κ1) is 17.6. The quantitative estimate of drug-likeness (QED) is 0.909. The third-order valence-electron chi connectivity index (χ3n) is 4.25. The second kappa shape index (κ2) is 7.33. The highest BCUT2D eigenvalue weighted by Gasteiger charge is 2.33. The van der Waals surface area contributed by atoms with E-state index in [4.69, 9.17) is 0 Å². The molecular formula is C18H19FN2O3S. The smallest absolute Gasteiger partial charge is 0.243 e. The van der Waals surface area contributed by atoms with E-state index in [0.717, 1.165) is 0 Å². The van der Waals surface area contributed by atoms with Crippen LogP contribution in [-0.2, 0) is 14.8 Å². The number of rotatable bonds is 4. The molecule has 2 aromatic rings. The van der Waals surface area contributed by atoms with E-state index >= 15 is 0 Å². The highest BCUT2D eigenvalue weighted by atomic mass is 32.2. The van der Waals surface area contributed by atoms with Crippen molar-refractivity contribution in [1.29, 1.82) is 0 Å². The zero-order chi connectivity index (χ0) is 17.9. The van der Waals surface area contributed by atoms with Crippen molar-refractivity contribution < 1.29 is 17.6 Å². The largest absolute Gasteiger partial charge is 0.326 e. The maximum absolute atomic E-state index is 12.9. The number of benzene rings is 2. The molecule has 1 atom stereocenters. The Labute approximate surface area is 146 Å². The van der Waals surface area contributed by atoms with E-state index in [1.807, 2.05) is 0 Å². The monoisotopic (exact) mass is 362 g/mol. The van der Waals surface area contributed by atoms with Crippen molar-refractivity contribution in [2.75, 3.05) is 18.4 Å². The van der Waals surface area contributed by atoms with Crippen LogP contribution in [0.25, 0.3) is 0 Å². The van der Waals surface area contributed by atoms with Crippen molar-refractivity contribution in [1.82, 2.24) is 4.31 Å². The van der Waals surface area contributed by atoms with Crippen LogP contribution in [0.3, 0.4) is 0 Å². The molecule has 1 N–H and O–H groups in total. The van der Waals surface area contributed by atoms with E-state index in [9.17, 15) is 17.6 Å². The zero-order valence-corrected chi connectivity index (χ0v) is 14.4. The molecule has 1 aliphatic rings. The molecule has 1 amide bonds. The maximum Gasteiger partial charge on any atom is 0.243 e. The van der Waals surface area contributed by atoms with Gasteiger partial charge in [-0.1, -0.05) is 18.2 Å². The summed E-state index contributed by atoms with van der Waals surface area (Å²) in [6.45, 7) is 0.543. The Kier molecular flexibility index (Phi) is 5.15. The molecule has 1 aliphatic heterocycles. The third-order valence-corrected chi connectivity index (χ3v) is 6.13. The van der Waals surface area contributed by atoms with Gasteiger partial charge in [-0.2, -0.15) is 4.31 Å². The van der Waals surface area contributed by atoms with Crippen LogP contribution in [-0.4, -0.2) is 31.7 Å². The van der Waals surface area contributed by atoms with E-state index in [-0.39, 0.29) is 23.2 Å². The van der Waals surface area contributed by atoms with E-state index in [2.05, 4.69) is 5.32 Å². The summed E-state index contributed by atoms with van der Waals surface area (Å²) in [5, 5.41) is 2.72. The first-order valence-corrected chi connectivity index (χ1v) is 9.52. The van der Waals surface area contributed by atoms with Gasteiger partial charge >= 0.3 is 0 Å². The summed E-state index contributed by atoms with van der Waals surface area (Å²) in [4.78, 5) is 12.7. The van der Waals surface area contributed by atoms with E-state index in [0.29, 0.717) is 25.1 Å². The average Bonchev–Trinajstić information content (AvgIpc) is 2.64. The third kappa shape index (κ3) is 4.05. The van der Waals surface area contributed by atoms with Gasteiger partial charge in [-0.05, 0) is 49.2 Å². The molecule has 0 aromatic heterocycles. The second-order valence-corrected chi connectivity index (χ2v) is 7.95. The van der Waals surface area contributed by atoms with Crippen LogP contribution in [0.1, 0.15) is 12.8 Å². The number of hydrogen-bond acceptors (Lipinski definition) is 3. The van der Waals surface area contributed by atoms with Gasteiger partial charge in [-0.3, -0.25) is 4.79 Å². The van der Waals surface area contributed by atoms with Gasteiger partial charge in [-0.25, -0.2) is 12.8 Å². The number of nitrogens with zero attached hydrogens (tertiary/aromatic N) is 1. The molecule has 3 rings (SSSR count). The number of piperidine rings is 1. The summed E-state index contributed by atoms with van der Waals surface area (Å²) in [6, 6.07) is 13.7. The lowest BCUT2D eigenvalue weighted by atomic mass is 9.99. The molecule has 2 aromatic carbocycles. The molecule has 7 heteroatoms. The van der Waals surface area contributed by atoms with Crippen molar-refractivity contribution >= 4 is 21.6 Å². The van der Waals surface area contributed by atoms with Crippen LogP contribution < -0.4 is 5.32 Å². The van der Waals surface area contributed by atoms with Crippen LogP contribution in [0.15, 0.2) is 59.5 Å². The Bertz CT molecular complexity index is 838. The molecule has 1 heterocycles. The molecule has 0 spiro atoms. The summed E-state index contributed by atoms with van der Waals surface area (Å²) in [5.41, 5.74) is 0.495. The van der Waals surface area contributed by atoms with Gasteiger partial charge in [0.15, 0.2) is 0 Å². The van der Waals surface area contributed by atoms with Crippen molar-refractivity contribution in [3.8, 4) is 0 Å². The Balaban J connectivity index is 1.70. The molecule has 25 heavy (non-hydrogen) atoms. The minimum atomic E-state index is -3.60. The first-order chi connectivity index (χ1) is 12.0. The highest BCUT2D eigenvalue weighted by Crippen LogP contribution is 2.24. The number of amides is 1. The number of carbonyl (C=O) groups is 1. The van der Waals surface area contributed by atoms with Crippen LogP contribution in [0.5, 0.6) is 0 Å². The first-order valence-electron chi connectivity index (χ1n) is 8.08. The number of nitrogens with one attached hydrogen (secondary N) is 1. The van der Waals surface area contributed by atoms with Gasteiger partial charge in [0.2, 0.25) is 15.9 Å². The molecule has 0 bridgehead atoms. The fourth-order valence-corrected chi connectivity index (χ4v) is 4.44. The lowest BCUT2D eigenvalue weighted by Crippen LogP contribution is -2.43. The molecule has 0 saturated carbocycles. The predicted octanol–water partition coefficient (Wildman–Crippen LogP) is 2.87. The van der Waals surface area contributed by atoms with Crippen LogP contribution in [0, 0.1) is 11.7 Å². The lowest BCUT2D eigenvalue weighted by Gasteiger charge is -2.31. The van der Waals surface area contributed by atoms with Crippen molar-refractivity contribution in [3.63, 3.8) is 0 Å². The number of carbonyl (C=O) groups excluding carboxylic acids is 1. The fourth-order valence-electron chi connectivity index (χ4n) is 2.89. The Morgan fingerprint density at radius 2 is 1.76 bits per heavy atom. The van der Waals surface area contributed by atoms with Crippen molar-refractivity contribution in [2.45, 2.75) is 17.7 Å². The number of anilines is 1. The summed E-state index contributed by atoms with van der Waals surface area (Å²) in [7, 11) is -3.60. The minimum absolute atomic E-state index is 0.143. The predicted molar refractivity (Wildman–Crippen MR) is 93.0 cm³/mol. The van der Waals surface area contributed by atoms with Crippen molar-refractivity contribution in [2.24, 2.45) is 5.92 Å². The van der Waals surface area contributed by atoms with Crippen LogP contribution >= 0.6 is 0 Å². The van der Waals surface area contributed by atoms with Crippen LogP contribution in [0.4, 0.5) is 10.1 Å². The molecule has 1 fully saturated rings. The van der Waals surface area contributed by atoms with E-state index in [1.54, 1.807) is 30.3 Å². The van der Waals surface area contributed by atoms with E-state index in [1.165, 1.54) is 28.6 Å². The fraction of sp³-hybridized carbons (Fsp3) is 0.278. The normalized spacial score (nSPS) is 18.7. The summed E-state index contributed by atoms with van der Waals surface area (Å²) < 4.78 is 39.7. The molecule has 5 nitrogen and oxygen atoms in total. The SMILES string of the molecule is O=C(Nc1ccc(F)cc1)[C@H]1CCCN(S(=O)(=O)c2ccccc2)C1. The van der Waals surface area contributed by atoms with Gasteiger partial charge in [0, 0.05) is 18.8 Å². The van der Waals surface area contributed by atoms with Gasteiger partial charge in [0.05, 0.1) is 10.8 Å². The van der Waals surface area contributed by atoms with Gasteiger partial charge in [0.1, 0.15) is 5.82 Å². The summed E-state index contributed by atoms with van der Waals surface area (Å²) in [6.07, 6.45) is 1.24. The van der Waals surface area contributed by atoms with Crippen LogP contribution in [0.2, 0.25) is 0 Å². The Hall–Kier alpha value is -2.25. The summed E-state index contributed by atoms with van der Waals surface area (Å²) >= 11 is 0. The Morgan fingerprint density at radius 1 is 1.08 bits per heavy atom. The highest BCUT2D eigenvalue weighted by molar-refractivity contribution is 7.89. The average molecular weight is 362 g/mol. The number of halogens is 1. The minimum Gasteiger partial charge on any atom is -0.326 e. The second-order valence-electron chi connectivity index (χ2n) is 6.01. The topological polar surface area (TPSA) is 66.5 Å². The summed E-state index contributed by atoms with van der Waals surface area (Å²) in [5.74, 6) is -1.06. The van der Waals surface area contributed by atoms with E-state index < -0.39 is 15.9 Å². The molecule has 0 aliphatic carbocycles. The standard InChI is InChI=1S/C18H19FN2O3S/c19-15-8-10-16(11-9-15)20-18(22)14-5-4-12-21(13-14)25(23,24)17-6-2-1-3-7-17/h1-3,6-11,14H,4-5,12-13H2,(H,20,22)/t14-/m0/s1. The maximum atomic E-state index is 12.9. The number of hydrogen-bond donors (Lipinski definition) is 1. The molecular weight excluding hydrogens is 343 g/mol. The van der Waals surface area contributed by atoms with Crippen molar-refractivity contribution in [3.05, 3.63) is 60.4 Å². The molecule has 132 valence electrons. The van der Waals surface area contributed by atoms with Gasteiger partial charge < -0.3 is 5.32 Å². The molecule has 0 radical (unpaired) electrons. The Morgan fingerprint density at radius 3 is 2.44 bits per heavy atom. The number of sulfonamides is 1. The van der Waals surface area contributed by atoms with Gasteiger partial charge in [-0.15, -0.1) is 0 Å². The van der Waals surface area contributed by atoms with Gasteiger partial charge in [0.25, 0.3) is 0 Å². The molecule has 1 saturated heterocycles. The zero-order valence-electron chi connectivity index (χ0n) is 13.6.